The van der Waals surface area contributed by atoms with Crippen LogP contribution in [-0.4, -0.2) is 23.5 Å². The van der Waals surface area contributed by atoms with Crippen molar-refractivity contribution in [2.24, 2.45) is 0 Å². The number of benzene rings is 13. The zero-order valence-electron chi connectivity index (χ0n) is 72.1. The largest absolute Gasteiger partial charge is 0.527 e. The maximum atomic E-state index is 7.98. The van der Waals surface area contributed by atoms with Crippen molar-refractivity contribution < 1.29 is 54.1 Å². The van der Waals surface area contributed by atoms with Crippen molar-refractivity contribution in [3.8, 4) is 73.7 Å². The van der Waals surface area contributed by atoms with Crippen molar-refractivity contribution in [2.45, 2.75) is 40.0 Å². The van der Waals surface area contributed by atoms with Crippen molar-refractivity contribution in [3.63, 3.8) is 0 Å². The Bertz CT molecular complexity index is 7650. The van der Waals surface area contributed by atoms with Crippen LogP contribution in [0.15, 0.2) is 395 Å². The van der Waals surface area contributed by atoms with E-state index in [2.05, 4.69) is 307 Å². The molecule has 0 aliphatic carbocycles. The average molecular weight is 1700 g/mol. The van der Waals surface area contributed by atoms with Gasteiger partial charge in [0.25, 0.3) is 17.3 Å². The van der Waals surface area contributed by atoms with Crippen LogP contribution in [0.25, 0.3) is 133 Å². The van der Waals surface area contributed by atoms with E-state index in [0.717, 1.165) is 53.5 Å². The van der Waals surface area contributed by atoms with Crippen LogP contribution in [0, 0.1) is 26.0 Å². The van der Waals surface area contributed by atoms with E-state index in [4.69, 9.17) is 15.7 Å². The molecule has 1 radical (unpaired) electrons. The van der Waals surface area contributed by atoms with Gasteiger partial charge in [0, 0.05) is 99.6 Å². The summed E-state index contributed by atoms with van der Waals surface area (Å²) >= 11 is 0. The summed E-state index contributed by atoms with van der Waals surface area (Å²) in [6.45, 7) is 11.1. The predicted molar refractivity (Wildman–Crippen MR) is 466 cm³/mol. The summed E-state index contributed by atoms with van der Waals surface area (Å²) in [5.74, 6) is 3.92. The van der Waals surface area contributed by atoms with E-state index in [1.807, 2.05) is 84.9 Å². The molecular formula is C106H79IrN9O+2. The molecule has 0 unspecified atom stereocenters. The Balaban J connectivity index is 0.0000000994. The summed E-state index contributed by atoms with van der Waals surface area (Å²) in [7, 11) is 0. The second-order valence-corrected chi connectivity index (χ2v) is 29.1. The molecule has 5 aliphatic heterocycles. The molecule has 0 bridgehead atoms. The molecule has 7 aromatic heterocycles. The summed E-state index contributed by atoms with van der Waals surface area (Å²) in [5.41, 5.74) is 24.9. The van der Waals surface area contributed by atoms with Crippen LogP contribution in [0.4, 0.5) is 0 Å². The van der Waals surface area contributed by atoms with Gasteiger partial charge < -0.3 is 9.72 Å². The van der Waals surface area contributed by atoms with Gasteiger partial charge in [0.05, 0.1) is 43.2 Å². The predicted octanol–water partition coefficient (Wildman–Crippen LogP) is 22.0. The molecule has 0 saturated heterocycles. The van der Waals surface area contributed by atoms with Gasteiger partial charge in [-0.25, -0.2) is 13.7 Å². The van der Waals surface area contributed by atoms with E-state index < -0.39 is 12.1 Å². The van der Waals surface area contributed by atoms with Gasteiger partial charge in [-0.3, -0.25) is 4.98 Å². The summed E-state index contributed by atoms with van der Waals surface area (Å²) in [6.07, 6.45) is 13.2. The molecule has 0 N–H and O–H groups in total. The Kier molecular flexibility index (Phi) is 17.3. The van der Waals surface area contributed by atoms with Gasteiger partial charge in [-0.15, -0.1) is 48.0 Å². The number of fused-ring (bicyclic) bond motifs is 17. The molecule has 0 atom stereocenters. The first kappa shape index (κ1) is 64.1. The Morgan fingerprint density at radius 2 is 1.10 bits per heavy atom. The zero-order valence-corrected chi connectivity index (χ0v) is 66.5. The number of pyridine rings is 4. The number of aryl methyl sites for hydroxylation is 2. The first-order valence-corrected chi connectivity index (χ1v) is 38.8. The topological polar surface area (TPSA) is 64.8 Å². The van der Waals surface area contributed by atoms with Gasteiger partial charge in [-0.1, -0.05) is 254 Å². The molecule has 25 rings (SSSR count). The number of ether oxygens (including phenoxy) is 1. The van der Waals surface area contributed by atoms with Crippen molar-refractivity contribution in [1.29, 1.82) is 0 Å². The number of hydrogen-bond acceptors (Lipinski definition) is 3. The Morgan fingerprint density at radius 3 is 1.89 bits per heavy atom. The van der Waals surface area contributed by atoms with E-state index in [9.17, 15) is 0 Å². The normalized spacial score (nSPS) is 13.2. The zero-order chi connectivity index (χ0) is 84.5. The van der Waals surface area contributed by atoms with Crippen molar-refractivity contribution in [2.75, 3.05) is 0 Å². The molecule has 0 spiro atoms. The van der Waals surface area contributed by atoms with Gasteiger partial charge in [-0.2, -0.15) is 18.1 Å². The second kappa shape index (κ2) is 31.6. The molecule has 0 amide bonds. The molecule has 117 heavy (non-hydrogen) atoms. The first-order chi connectivity index (χ1) is 60.6. The van der Waals surface area contributed by atoms with Gasteiger partial charge in [0.2, 0.25) is 5.69 Å². The molecule has 561 valence electrons. The number of rotatable bonds is 5. The van der Waals surface area contributed by atoms with E-state index in [1.54, 1.807) is 12.4 Å². The number of para-hydroxylation sites is 3. The van der Waals surface area contributed by atoms with Gasteiger partial charge in [0.1, 0.15) is 56.5 Å². The standard InChI is InChI=1S/C24H19N2.C24H17N2.C20H15N2.C15H10NO.C12H10N.C11H8N.Ir/c1-15-10-11-21-20(12-15)19-9-5-7-17-13-25-14-22(26(21)24(25)23(17)19)18-8-4-3-6-16(18)2;1-3-11-19-17(8-1)10-7-15-21(19)26-23-14-6-5-13-22(23)25-16-18-9-2-4-12-20(18)24(25)26;1-3-9-17-15(6-1)8-5-11-19(17)22-13-12-21-14-16-7-2-4-10-18(16)20(21)22;1-11-13(14-7-4-5-9-16-14)10-12-6-2-3-8-15(12)17-11;1-2-6-11-10(5-1)9-13-8-4-3-7-12(11)13;1-2-6-10(7-3-1)11-8-4-5-9-12-11;/h3-12,14H,13H2,1-2H3;1-15H,16H2;1-13H,14H2;2-9H,1H2;1-8H,9H2;1-6,8-9H;/q3*+1;-1;+1;-1;/i;;;;1D,2D,3D,4D,5D,6D,7D,8D;;. The number of aromatic nitrogens is 9. The minimum atomic E-state index is -0.411. The van der Waals surface area contributed by atoms with Crippen LogP contribution in [-0.2, 0) is 46.3 Å². The Labute approximate surface area is 704 Å². The molecule has 13 aromatic carbocycles. The van der Waals surface area contributed by atoms with Crippen LogP contribution in [0.3, 0.4) is 0 Å². The van der Waals surface area contributed by atoms with Gasteiger partial charge in [-0.05, 0) is 109 Å². The molecule has 10 nitrogen and oxygen atoms in total. The molecule has 5 aliphatic rings. The summed E-state index contributed by atoms with van der Waals surface area (Å²) < 4.78 is 83.9. The smallest absolute Gasteiger partial charge is 0.295 e. The second-order valence-electron chi connectivity index (χ2n) is 29.1. The molecule has 0 saturated carbocycles. The van der Waals surface area contributed by atoms with E-state index in [-0.39, 0.29) is 74.3 Å². The van der Waals surface area contributed by atoms with E-state index >= 15 is 0 Å². The SMILES string of the molecule is C=C1Oc2ccccc2[C-]=C1c1ccccn1.Cc1ccc2c(c1)c1cccc3c1c1n2c(-c2ccccc2C)c[n+]1C3.[2H]c1c([2H])c([2H])c2c(c1[2H])C[n+]1c([2H])c([2H])c([2H])c([2H])c1-2.[Ir].[c-]1ccccc1-c1ccccn1.c1ccc2c(c1)C[n+]1c-2n(-c2cccc3ccccc23)c2ccccc21.c1ccc2c(c1)C[n+]1ccn(-c3cccc4ccccc34)c1-2. The van der Waals surface area contributed by atoms with Crippen molar-refractivity contribution in [3.05, 3.63) is 452 Å². The molecule has 12 heterocycles. The first-order valence-electron chi connectivity index (χ1n) is 42.8. The maximum Gasteiger partial charge on any atom is 0.295 e. The fourth-order valence-corrected chi connectivity index (χ4v) is 16.8. The Hall–Kier alpha value is -14.4. The third kappa shape index (κ3) is 13.6. The maximum absolute atomic E-state index is 7.98. The molecule has 11 heteroatoms. The number of nitrogens with zero attached hydrogens (tertiary/aromatic N) is 9. The average Bonchev–Trinajstić information content (AvgIpc) is 1.55. The fourth-order valence-electron chi connectivity index (χ4n) is 16.8. The fraction of sp³-hybridized carbons (Fsp3) is 0.0566. The van der Waals surface area contributed by atoms with Crippen LogP contribution in [0.1, 0.15) is 55.6 Å². The van der Waals surface area contributed by atoms with Crippen LogP contribution in [0.2, 0.25) is 0 Å². The van der Waals surface area contributed by atoms with Crippen molar-refractivity contribution >= 4 is 65.5 Å². The van der Waals surface area contributed by atoms with Gasteiger partial charge in [0.15, 0.2) is 29.4 Å². The number of hydrogen-bond donors (Lipinski definition) is 0. The van der Waals surface area contributed by atoms with Crippen molar-refractivity contribution in [1.82, 2.24) is 23.5 Å². The molecule has 0 fully saturated rings. The number of allylic oxidation sites excluding steroid dienone is 1. The van der Waals surface area contributed by atoms with E-state index in [0.29, 0.717) is 11.3 Å². The molecule has 20 aromatic rings. The van der Waals surface area contributed by atoms with Crippen LogP contribution in [0.5, 0.6) is 5.75 Å². The minimum Gasteiger partial charge on any atom is -0.527 e. The quantitative estimate of drug-likeness (QED) is 0.0980. The third-order valence-electron chi connectivity index (χ3n) is 22.1. The minimum absolute atomic E-state index is 0. The summed E-state index contributed by atoms with van der Waals surface area (Å²) in [5, 5.41) is 9.23. The van der Waals surface area contributed by atoms with E-state index in [1.165, 1.54) is 138 Å². The summed E-state index contributed by atoms with van der Waals surface area (Å²) in [4.78, 5) is 8.50. The van der Waals surface area contributed by atoms with Crippen LogP contribution >= 0.6 is 0 Å². The monoisotopic (exact) mass is 1690 g/mol. The third-order valence-corrected chi connectivity index (χ3v) is 22.1. The van der Waals surface area contributed by atoms with Crippen LogP contribution < -0.4 is 23.0 Å². The summed E-state index contributed by atoms with van der Waals surface area (Å²) in [6, 6.07) is 107. The molecular weight excluding hydrogens is 1610 g/mol. The van der Waals surface area contributed by atoms with Gasteiger partial charge >= 0.3 is 0 Å². The Morgan fingerprint density at radius 1 is 0.479 bits per heavy atom. The number of imidazole rings is 3.